The molecule has 1 atom stereocenters. The van der Waals surface area contributed by atoms with E-state index in [0.29, 0.717) is 18.5 Å². The van der Waals surface area contributed by atoms with Crippen LogP contribution in [0.3, 0.4) is 0 Å². The molecule has 7 nitrogen and oxygen atoms in total. The summed E-state index contributed by atoms with van der Waals surface area (Å²) in [6.45, 7) is 2.35. The number of non-ortho nitro benzene ring substituents is 1. The zero-order valence-corrected chi connectivity index (χ0v) is 16.4. The maximum Gasteiger partial charge on any atom is 0.269 e. The highest BCUT2D eigenvalue weighted by Gasteiger charge is 2.35. The Labute approximate surface area is 164 Å². The third-order valence-corrected chi connectivity index (χ3v) is 6.77. The Morgan fingerprint density at radius 3 is 2.21 bits per heavy atom. The second kappa shape index (κ2) is 8.10. The predicted molar refractivity (Wildman–Crippen MR) is 106 cm³/mol. The van der Waals surface area contributed by atoms with Gasteiger partial charge in [0.15, 0.2) is 9.84 Å². The van der Waals surface area contributed by atoms with Gasteiger partial charge in [0.1, 0.15) is 0 Å². The fourth-order valence-corrected chi connectivity index (χ4v) is 5.09. The van der Waals surface area contributed by atoms with E-state index in [9.17, 15) is 23.3 Å². The quantitative estimate of drug-likeness (QED) is 0.546. The van der Waals surface area contributed by atoms with Crippen LogP contribution >= 0.6 is 0 Å². The summed E-state index contributed by atoms with van der Waals surface area (Å²) in [6, 6.07) is 12.9. The molecule has 1 amide bonds. The molecule has 0 aliphatic carbocycles. The largest absolute Gasteiger partial charge is 0.330 e. The van der Waals surface area contributed by atoms with Crippen molar-refractivity contribution in [1.29, 1.82) is 0 Å². The molecule has 3 rings (SSSR count). The summed E-state index contributed by atoms with van der Waals surface area (Å²) in [5.74, 6) is -0.313. The summed E-state index contributed by atoms with van der Waals surface area (Å²) >= 11 is 0. The number of hydrogen-bond acceptors (Lipinski definition) is 5. The van der Waals surface area contributed by atoms with E-state index in [1.807, 2.05) is 24.3 Å². The molecule has 0 N–H and O–H groups in total. The van der Waals surface area contributed by atoms with Crippen LogP contribution in [-0.4, -0.2) is 41.7 Å². The number of carbonyl (C=O) groups is 1. The number of nitro groups is 1. The predicted octanol–water partition coefficient (Wildman–Crippen LogP) is 2.99. The molecule has 1 heterocycles. The summed E-state index contributed by atoms with van der Waals surface area (Å²) in [5, 5.41) is 10.8. The van der Waals surface area contributed by atoms with E-state index in [0.717, 1.165) is 12.0 Å². The Morgan fingerprint density at radius 1 is 1.11 bits per heavy atom. The maximum atomic E-state index is 13.1. The van der Waals surface area contributed by atoms with E-state index in [1.54, 1.807) is 4.90 Å². The molecule has 148 valence electrons. The summed E-state index contributed by atoms with van der Waals surface area (Å²) in [6.07, 6.45) is 1.31. The number of sulfone groups is 1. The van der Waals surface area contributed by atoms with Crippen LogP contribution in [-0.2, 0) is 22.8 Å². The van der Waals surface area contributed by atoms with Gasteiger partial charge in [-0.2, -0.15) is 0 Å². The van der Waals surface area contributed by atoms with Gasteiger partial charge in [-0.15, -0.1) is 0 Å². The molecule has 0 saturated carbocycles. The lowest BCUT2D eigenvalue weighted by Gasteiger charge is -2.28. The third kappa shape index (κ3) is 4.56. The number of benzene rings is 2. The number of hydrogen-bond donors (Lipinski definition) is 0. The van der Waals surface area contributed by atoms with E-state index in [-0.39, 0.29) is 23.1 Å². The molecule has 0 bridgehead atoms. The molecule has 0 spiro atoms. The zero-order valence-electron chi connectivity index (χ0n) is 15.6. The smallest absolute Gasteiger partial charge is 0.269 e. The lowest BCUT2D eigenvalue weighted by Crippen LogP contribution is -2.40. The summed E-state index contributed by atoms with van der Waals surface area (Å²) in [5.41, 5.74) is 2.30. The van der Waals surface area contributed by atoms with Crippen molar-refractivity contribution in [2.75, 3.05) is 11.5 Å². The van der Waals surface area contributed by atoms with Gasteiger partial charge in [-0.05, 0) is 36.1 Å². The van der Waals surface area contributed by atoms with Gasteiger partial charge in [0.2, 0.25) is 0 Å². The van der Waals surface area contributed by atoms with Crippen molar-refractivity contribution >= 4 is 21.4 Å². The van der Waals surface area contributed by atoms with Crippen molar-refractivity contribution in [2.24, 2.45) is 0 Å². The highest BCUT2D eigenvalue weighted by atomic mass is 32.2. The van der Waals surface area contributed by atoms with Crippen LogP contribution in [0.4, 0.5) is 5.69 Å². The van der Waals surface area contributed by atoms with Crippen LogP contribution in [0.1, 0.15) is 34.8 Å². The number of carbonyl (C=O) groups excluding carboxylic acids is 1. The third-order valence-electron chi connectivity index (χ3n) is 5.02. The fourth-order valence-electron chi connectivity index (χ4n) is 3.36. The van der Waals surface area contributed by atoms with Gasteiger partial charge in [-0.3, -0.25) is 14.9 Å². The fraction of sp³-hybridized carbons (Fsp3) is 0.350. The molecule has 1 aliphatic heterocycles. The molecule has 0 aromatic heterocycles. The second-order valence-corrected chi connectivity index (χ2v) is 9.19. The monoisotopic (exact) mass is 402 g/mol. The molecular formula is C20H22N2O5S. The molecule has 8 heteroatoms. The molecular weight excluding hydrogens is 380 g/mol. The van der Waals surface area contributed by atoms with Crippen molar-refractivity contribution < 1.29 is 18.1 Å². The molecule has 0 radical (unpaired) electrons. The van der Waals surface area contributed by atoms with Crippen LogP contribution in [0.5, 0.6) is 0 Å². The van der Waals surface area contributed by atoms with Crippen LogP contribution in [0.2, 0.25) is 0 Å². The Bertz CT molecular complexity index is 969. The number of aryl methyl sites for hydroxylation is 1. The van der Waals surface area contributed by atoms with Gasteiger partial charge < -0.3 is 4.90 Å². The Balaban J connectivity index is 1.88. The SMILES string of the molecule is CCc1ccc(CN(C(=O)c2ccc([N+](=O)[O-])cc2)[C@H]2CCS(=O)(=O)C2)cc1. The highest BCUT2D eigenvalue weighted by molar-refractivity contribution is 7.91. The van der Waals surface area contributed by atoms with Crippen molar-refractivity contribution in [3.63, 3.8) is 0 Å². The molecule has 1 fully saturated rings. The van der Waals surface area contributed by atoms with Crippen LogP contribution < -0.4 is 0 Å². The number of rotatable bonds is 6. The first-order valence-electron chi connectivity index (χ1n) is 9.13. The maximum absolute atomic E-state index is 13.1. The molecule has 1 saturated heterocycles. The van der Waals surface area contributed by atoms with Crippen molar-refractivity contribution in [3.8, 4) is 0 Å². The van der Waals surface area contributed by atoms with E-state index < -0.39 is 20.8 Å². The molecule has 2 aromatic carbocycles. The highest BCUT2D eigenvalue weighted by Crippen LogP contribution is 2.23. The van der Waals surface area contributed by atoms with E-state index in [2.05, 4.69) is 6.92 Å². The first kappa shape index (κ1) is 20.0. The second-order valence-electron chi connectivity index (χ2n) is 6.96. The van der Waals surface area contributed by atoms with Crippen molar-refractivity contribution in [2.45, 2.75) is 32.4 Å². The molecule has 1 aliphatic rings. The summed E-state index contributed by atoms with van der Waals surface area (Å²) in [7, 11) is -3.16. The average molecular weight is 402 g/mol. The summed E-state index contributed by atoms with van der Waals surface area (Å²) in [4.78, 5) is 25.0. The van der Waals surface area contributed by atoms with Gasteiger partial charge in [0.05, 0.1) is 16.4 Å². The van der Waals surface area contributed by atoms with Gasteiger partial charge in [0, 0.05) is 30.3 Å². The number of nitrogens with zero attached hydrogens (tertiary/aromatic N) is 2. The normalized spacial score (nSPS) is 18.0. The first-order valence-corrected chi connectivity index (χ1v) is 10.9. The van der Waals surface area contributed by atoms with Crippen LogP contribution in [0, 0.1) is 10.1 Å². The van der Waals surface area contributed by atoms with E-state index >= 15 is 0 Å². The zero-order chi connectivity index (χ0) is 20.3. The minimum Gasteiger partial charge on any atom is -0.330 e. The minimum absolute atomic E-state index is 0.0568. The van der Waals surface area contributed by atoms with Gasteiger partial charge in [-0.1, -0.05) is 31.2 Å². The standard InChI is InChI=1S/C20H22N2O5S/c1-2-15-3-5-16(6-4-15)13-21(19-11-12-28(26,27)14-19)20(23)17-7-9-18(10-8-17)22(24)25/h3-10,19H,2,11-14H2,1H3/t19-/m0/s1. The van der Waals surface area contributed by atoms with Crippen molar-refractivity contribution in [3.05, 3.63) is 75.3 Å². The molecule has 2 aromatic rings. The van der Waals surface area contributed by atoms with Gasteiger partial charge in [-0.25, -0.2) is 8.42 Å². The van der Waals surface area contributed by atoms with Crippen molar-refractivity contribution in [1.82, 2.24) is 4.90 Å². The van der Waals surface area contributed by atoms with Crippen LogP contribution in [0.25, 0.3) is 0 Å². The van der Waals surface area contributed by atoms with E-state index in [4.69, 9.17) is 0 Å². The van der Waals surface area contributed by atoms with Gasteiger partial charge >= 0.3 is 0 Å². The minimum atomic E-state index is -3.16. The summed E-state index contributed by atoms with van der Waals surface area (Å²) < 4.78 is 23.9. The Hall–Kier alpha value is -2.74. The topological polar surface area (TPSA) is 97.6 Å². The lowest BCUT2D eigenvalue weighted by atomic mass is 10.1. The first-order chi connectivity index (χ1) is 13.3. The molecule has 0 unspecified atom stereocenters. The van der Waals surface area contributed by atoms with Crippen LogP contribution in [0.15, 0.2) is 48.5 Å². The lowest BCUT2D eigenvalue weighted by molar-refractivity contribution is -0.384. The van der Waals surface area contributed by atoms with Gasteiger partial charge in [0.25, 0.3) is 11.6 Å². The number of nitro benzene ring substituents is 1. The average Bonchev–Trinajstić information content (AvgIpc) is 3.05. The molecule has 28 heavy (non-hydrogen) atoms. The number of amides is 1. The Kier molecular flexibility index (Phi) is 5.79. The van der Waals surface area contributed by atoms with E-state index in [1.165, 1.54) is 29.8 Å². The Morgan fingerprint density at radius 2 is 1.71 bits per heavy atom.